The molecule has 4 rings (SSSR count). The molecule has 3 heterocycles. The van der Waals surface area contributed by atoms with Crippen molar-refractivity contribution >= 4 is 16.8 Å². The summed E-state index contributed by atoms with van der Waals surface area (Å²) in [4.78, 5) is 18.0. The van der Waals surface area contributed by atoms with Crippen molar-refractivity contribution in [3.8, 4) is 0 Å². The van der Waals surface area contributed by atoms with E-state index in [-0.39, 0.29) is 23.9 Å². The highest BCUT2D eigenvalue weighted by atomic mass is 19.4. The van der Waals surface area contributed by atoms with E-state index in [1.165, 1.54) is 11.0 Å². The van der Waals surface area contributed by atoms with Crippen LogP contribution in [-0.4, -0.2) is 33.5 Å². The second kappa shape index (κ2) is 9.10. The normalized spacial score (nSPS) is 18.1. The predicted molar refractivity (Wildman–Crippen MR) is 113 cm³/mol. The highest BCUT2D eigenvalue weighted by Gasteiger charge is 2.41. The first-order chi connectivity index (χ1) is 16.4. The molecule has 1 saturated heterocycles. The van der Waals surface area contributed by atoms with Crippen molar-refractivity contribution in [1.82, 2.24) is 9.88 Å². The van der Waals surface area contributed by atoms with Crippen LogP contribution in [0.1, 0.15) is 52.7 Å². The molecule has 1 N–H and O–H groups in total. The summed E-state index contributed by atoms with van der Waals surface area (Å²) in [5.74, 6) is -0.428. The number of pyridine rings is 2. The number of para-hydroxylation sites is 1. The molecular formula is C24H22F6N3O2+. The van der Waals surface area contributed by atoms with Crippen molar-refractivity contribution in [2.75, 3.05) is 6.54 Å². The maximum absolute atomic E-state index is 13.6. The lowest BCUT2D eigenvalue weighted by Gasteiger charge is -2.38. The number of rotatable bonds is 3. The second-order valence-corrected chi connectivity index (χ2v) is 8.50. The lowest BCUT2D eigenvalue weighted by atomic mass is 9.90. The number of aliphatic hydroxyl groups is 1. The standard InChI is InChI=1S/C24H22F6N3O2/c1-32-11-4-2-10-18(32)22(35)33-12-5-3-9-17(33)21(34)15-13-19(24(28,29)30)31-20-14(15)7-6-8-16(20)23(25,26)27/h2,4,6-8,10-11,13,17,21,34H,3,5,9,12H2,1H3/q+1/t17-,21+/m1/s1. The van der Waals surface area contributed by atoms with Crippen LogP contribution < -0.4 is 4.57 Å². The van der Waals surface area contributed by atoms with Gasteiger partial charge in [0.05, 0.1) is 17.1 Å². The van der Waals surface area contributed by atoms with Crippen molar-refractivity contribution in [3.63, 3.8) is 0 Å². The number of fused-ring (bicyclic) bond motifs is 1. The van der Waals surface area contributed by atoms with Gasteiger partial charge in [-0.2, -0.15) is 30.9 Å². The number of amides is 1. The van der Waals surface area contributed by atoms with Crippen LogP contribution in [0.3, 0.4) is 0 Å². The smallest absolute Gasteiger partial charge is 0.386 e. The zero-order valence-corrected chi connectivity index (χ0v) is 18.6. The number of nitrogens with zero attached hydrogens (tertiary/aromatic N) is 3. The van der Waals surface area contributed by atoms with Crippen molar-refractivity contribution < 1.29 is 40.8 Å². The molecule has 1 fully saturated rings. The summed E-state index contributed by atoms with van der Waals surface area (Å²) in [5.41, 5.74) is -3.81. The molecule has 3 aromatic rings. The Kier molecular flexibility index (Phi) is 6.48. The van der Waals surface area contributed by atoms with Crippen LogP contribution in [0.5, 0.6) is 0 Å². The summed E-state index contributed by atoms with van der Waals surface area (Å²) in [6, 6.07) is 7.51. The van der Waals surface area contributed by atoms with Gasteiger partial charge in [0.25, 0.3) is 5.69 Å². The highest BCUT2D eigenvalue weighted by molar-refractivity contribution is 5.91. The first kappa shape index (κ1) is 24.9. The number of aromatic nitrogens is 2. The van der Waals surface area contributed by atoms with E-state index < -0.39 is 47.2 Å². The van der Waals surface area contributed by atoms with E-state index in [1.807, 2.05) is 0 Å². The average Bonchev–Trinajstić information content (AvgIpc) is 2.81. The first-order valence-electron chi connectivity index (χ1n) is 10.9. The summed E-state index contributed by atoms with van der Waals surface area (Å²) < 4.78 is 83.2. The Hall–Kier alpha value is -3.21. The van der Waals surface area contributed by atoms with Gasteiger partial charge in [-0.15, -0.1) is 0 Å². The number of alkyl halides is 6. The third kappa shape index (κ3) is 4.82. The Morgan fingerprint density at radius 1 is 1.09 bits per heavy atom. The Morgan fingerprint density at radius 3 is 2.49 bits per heavy atom. The fourth-order valence-electron chi connectivity index (χ4n) is 4.53. The topological polar surface area (TPSA) is 57.3 Å². The zero-order valence-electron chi connectivity index (χ0n) is 18.6. The van der Waals surface area contributed by atoms with Gasteiger partial charge < -0.3 is 10.0 Å². The number of aliphatic hydroxyl groups excluding tert-OH is 1. The van der Waals surface area contributed by atoms with Gasteiger partial charge in [-0.3, -0.25) is 4.79 Å². The summed E-state index contributed by atoms with van der Waals surface area (Å²) in [6.45, 7) is 0.248. The van der Waals surface area contributed by atoms with E-state index in [0.717, 1.165) is 6.07 Å². The van der Waals surface area contributed by atoms with Crippen molar-refractivity contribution in [1.29, 1.82) is 0 Å². The summed E-state index contributed by atoms with van der Waals surface area (Å²) in [5, 5.41) is 11.0. The number of piperidine rings is 1. The molecule has 0 saturated carbocycles. The number of carbonyl (C=O) groups is 1. The number of hydrogen-bond acceptors (Lipinski definition) is 3. The molecule has 1 aromatic carbocycles. The maximum atomic E-state index is 13.6. The third-order valence-corrected chi connectivity index (χ3v) is 6.23. The predicted octanol–water partition coefficient (Wildman–Crippen LogP) is 4.83. The molecule has 0 aliphatic carbocycles. The van der Waals surface area contributed by atoms with E-state index in [0.29, 0.717) is 30.7 Å². The largest absolute Gasteiger partial charge is 0.433 e. The number of aryl methyl sites for hydroxylation is 1. The van der Waals surface area contributed by atoms with Crippen LogP contribution in [0.4, 0.5) is 26.3 Å². The van der Waals surface area contributed by atoms with Crippen LogP contribution in [-0.2, 0) is 19.4 Å². The van der Waals surface area contributed by atoms with E-state index in [2.05, 4.69) is 4.98 Å². The summed E-state index contributed by atoms with van der Waals surface area (Å²) >= 11 is 0. The Labute approximate surface area is 196 Å². The van der Waals surface area contributed by atoms with Crippen molar-refractivity contribution in [2.24, 2.45) is 7.05 Å². The first-order valence-corrected chi connectivity index (χ1v) is 10.9. The SMILES string of the molecule is C[n+]1ccccc1C(=O)N1CCCC[C@@H]1[C@@H](O)c1cc(C(F)(F)F)nc2c(C(F)(F)F)cccc12. The van der Waals surface area contributed by atoms with Crippen molar-refractivity contribution in [2.45, 2.75) is 43.8 Å². The molecule has 0 radical (unpaired) electrons. The van der Waals surface area contributed by atoms with E-state index >= 15 is 0 Å². The fourth-order valence-corrected chi connectivity index (χ4v) is 4.53. The molecule has 0 unspecified atom stereocenters. The van der Waals surface area contributed by atoms with Gasteiger partial charge in [0.2, 0.25) is 0 Å². The van der Waals surface area contributed by atoms with Crippen LogP contribution in [0.15, 0.2) is 48.7 Å². The molecule has 1 amide bonds. The molecule has 2 atom stereocenters. The van der Waals surface area contributed by atoms with Gasteiger partial charge in [-0.1, -0.05) is 12.1 Å². The summed E-state index contributed by atoms with van der Waals surface area (Å²) in [7, 11) is 1.66. The second-order valence-electron chi connectivity index (χ2n) is 8.50. The molecule has 0 spiro atoms. The Bertz CT molecular complexity index is 1260. The Balaban J connectivity index is 1.85. The molecule has 5 nitrogen and oxygen atoms in total. The monoisotopic (exact) mass is 498 g/mol. The lowest BCUT2D eigenvalue weighted by molar-refractivity contribution is -0.673. The van der Waals surface area contributed by atoms with Gasteiger partial charge >= 0.3 is 18.3 Å². The zero-order chi connectivity index (χ0) is 25.5. The number of likely N-dealkylation sites (tertiary alicyclic amines) is 1. The van der Waals surface area contributed by atoms with Crippen LogP contribution >= 0.6 is 0 Å². The minimum Gasteiger partial charge on any atom is -0.386 e. The van der Waals surface area contributed by atoms with E-state index in [9.17, 15) is 36.2 Å². The van der Waals surface area contributed by atoms with Crippen LogP contribution in [0.25, 0.3) is 10.9 Å². The van der Waals surface area contributed by atoms with Gasteiger partial charge in [0, 0.05) is 24.1 Å². The van der Waals surface area contributed by atoms with Gasteiger partial charge in [0.15, 0.2) is 6.20 Å². The van der Waals surface area contributed by atoms with E-state index in [4.69, 9.17) is 0 Å². The minimum atomic E-state index is -5.04. The maximum Gasteiger partial charge on any atom is 0.433 e. The van der Waals surface area contributed by atoms with Crippen molar-refractivity contribution in [3.05, 3.63) is 71.2 Å². The molecule has 2 aromatic heterocycles. The van der Waals surface area contributed by atoms with Gasteiger partial charge in [-0.25, -0.2) is 4.98 Å². The van der Waals surface area contributed by atoms with E-state index in [1.54, 1.807) is 36.0 Å². The lowest BCUT2D eigenvalue weighted by Crippen LogP contribution is -2.50. The van der Waals surface area contributed by atoms with Gasteiger partial charge in [-0.05, 0) is 43.0 Å². The van der Waals surface area contributed by atoms with Crippen LogP contribution in [0, 0.1) is 0 Å². The average molecular weight is 498 g/mol. The highest BCUT2D eigenvalue weighted by Crippen LogP contribution is 2.40. The molecule has 11 heteroatoms. The summed E-state index contributed by atoms with van der Waals surface area (Å²) in [6.07, 6.45) is -8.51. The molecule has 186 valence electrons. The quantitative estimate of drug-likeness (QED) is 0.416. The number of halogens is 6. The molecule has 35 heavy (non-hydrogen) atoms. The number of hydrogen-bond donors (Lipinski definition) is 1. The molecule has 1 aliphatic rings. The Morgan fingerprint density at radius 2 is 1.83 bits per heavy atom. The third-order valence-electron chi connectivity index (χ3n) is 6.23. The molecule has 1 aliphatic heterocycles. The fraction of sp³-hybridized carbons (Fsp3) is 0.375. The minimum absolute atomic E-state index is 0.247. The number of benzene rings is 1. The molecular weight excluding hydrogens is 476 g/mol. The number of carbonyl (C=O) groups excluding carboxylic acids is 1. The van der Waals surface area contributed by atoms with Crippen LogP contribution in [0.2, 0.25) is 0 Å². The van der Waals surface area contributed by atoms with Gasteiger partial charge in [0.1, 0.15) is 18.8 Å². The molecule has 0 bridgehead atoms.